The van der Waals surface area contributed by atoms with Gasteiger partial charge in [-0.15, -0.1) is 0 Å². The maximum absolute atomic E-state index is 12.3. The number of benzene rings is 1. The number of fused-ring (bicyclic) bond motifs is 3. The quantitative estimate of drug-likeness (QED) is 0.801. The second-order valence-electron chi connectivity index (χ2n) is 4.42. The Morgan fingerprint density at radius 2 is 2.16 bits per heavy atom. The van der Waals surface area contributed by atoms with E-state index < -0.39 is 0 Å². The van der Waals surface area contributed by atoms with Crippen LogP contribution in [-0.2, 0) is 6.54 Å². The Morgan fingerprint density at radius 1 is 1.37 bits per heavy atom. The normalized spacial score (nSPS) is 14.4. The molecule has 1 aromatic heterocycles. The number of rotatable bonds is 1. The van der Waals surface area contributed by atoms with E-state index in [1.54, 1.807) is 24.4 Å². The van der Waals surface area contributed by atoms with Crippen LogP contribution in [0.15, 0.2) is 36.1 Å². The molecule has 96 valence electrons. The van der Waals surface area contributed by atoms with Crippen LogP contribution >= 0.6 is 11.6 Å². The largest absolute Gasteiger partial charge is 0.336 e. The molecule has 4 nitrogen and oxygen atoms in total. The zero-order valence-electron chi connectivity index (χ0n) is 10.4. The smallest absolute Gasteiger partial charge is 0.256 e. The summed E-state index contributed by atoms with van der Waals surface area (Å²) in [5.74, 6) is 0.0140. The van der Waals surface area contributed by atoms with Gasteiger partial charge in [0.05, 0.1) is 29.2 Å². The van der Waals surface area contributed by atoms with Gasteiger partial charge < -0.3 is 9.47 Å². The summed E-state index contributed by atoms with van der Waals surface area (Å²) >= 11 is 5.63. The molecule has 0 unspecified atom stereocenters. The Balaban J connectivity index is 2.28. The number of halogens is 1. The number of amides is 1. The van der Waals surface area contributed by atoms with Crippen LogP contribution in [0.25, 0.3) is 11.8 Å². The minimum atomic E-state index is 0.0140. The zero-order valence-corrected chi connectivity index (χ0v) is 11.1. The second kappa shape index (κ2) is 4.55. The maximum atomic E-state index is 12.3. The van der Waals surface area contributed by atoms with Gasteiger partial charge in [-0.1, -0.05) is 23.7 Å². The van der Waals surface area contributed by atoms with Crippen LogP contribution in [0.3, 0.4) is 0 Å². The summed E-state index contributed by atoms with van der Waals surface area (Å²) in [6.07, 6.45) is 3.46. The number of nitrogens with zero attached hydrogens (tertiary/aromatic N) is 3. The van der Waals surface area contributed by atoms with Gasteiger partial charge in [0.2, 0.25) is 0 Å². The monoisotopic (exact) mass is 273 g/mol. The second-order valence-corrected chi connectivity index (χ2v) is 4.67. The molecule has 0 spiro atoms. The van der Waals surface area contributed by atoms with E-state index in [1.165, 1.54) is 5.54 Å². The van der Waals surface area contributed by atoms with E-state index in [1.807, 2.05) is 28.8 Å². The molecule has 0 bridgehead atoms. The summed E-state index contributed by atoms with van der Waals surface area (Å²) in [5.41, 5.74) is 4.71. The molecule has 0 saturated carbocycles. The molecular formula is C14H12ClN3O. The summed E-state index contributed by atoms with van der Waals surface area (Å²) in [7, 11) is 1.79. The van der Waals surface area contributed by atoms with Crippen molar-refractivity contribution in [2.75, 3.05) is 7.05 Å². The lowest BCUT2D eigenvalue weighted by molar-refractivity contribution is 0.0788. The van der Waals surface area contributed by atoms with Crippen LogP contribution in [0.1, 0.15) is 21.7 Å². The molecule has 19 heavy (non-hydrogen) atoms. The molecule has 0 radical (unpaired) electrons. The highest BCUT2D eigenvalue weighted by Gasteiger charge is 2.24. The first-order valence-corrected chi connectivity index (χ1v) is 6.34. The summed E-state index contributed by atoms with van der Waals surface area (Å²) in [4.78, 5) is 18.3. The Labute approximate surface area is 115 Å². The highest BCUT2D eigenvalue weighted by molar-refractivity contribution is 6.27. The van der Waals surface area contributed by atoms with Crippen molar-refractivity contribution in [3.05, 3.63) is 53.1 Å². The lowest BCUT2D eigenvalue weighted by Crippen LogP contribution is -2.25. The van der Waals surface area contributed by atoms with E-state index >= 15 is 0 Å². The summed E-state index contributed by atoms with van der Waals surface area (Å²) in [6.45, 7) is 0.504. The van der Waals surface area contributed by atoms with Crippen LogP contribution < -0.4 is 0 Å². The van der Waals surface area contributed by atoms with Crippen molar-refractivity contribution in [1.29, 1.82) is 0 Å². The third-order valence-electron chi connectivity index (χ3n) is 3.25. The van der Waals surface area contributed by atoms with Crippen molar-refractivity contribution in [2.45, 2.75) is 6.54 Å². The minimum absolute atomic E-state index is 0.0140. The van der Waals surface area contributed by atoms with Gasteiger partial charge in [0.15, 0.2) is 0 Å². The Kier molecular flexibility index (Phi) is 2.87. The van der Waals surface area contributed by atoms with E-state index in [-0.39, 0.29) is 5.91 Å². The Bertz CT molecular complexity index is 675. The van der Waals surface area contributed by atoms with Gasteiger partial charge in [0.25, 0.3) is 5.91 Å². The molecule has 0 N–H and O–H groups in total. The number of carbonyl (C=O) groups excluding carboxylic acids is 1. The zero-order chi connectivity index (χ0) is 13.4. The lowest BCUT2D eigenvalue weighted by Gasteiger charge is -2.14. The Hall–Kier alpha value is -2.07. The van der Waals surface area contributed by atoms with E-state index in [0.717, 1.165) is 17.1 Å². The number of aromatic nitrogens is 2. The first-order chi connectivity index (χ1) is 9.22. The predicted octanol–water partition coefficient (Wildman–Crippen LogP) is 2.67. The number of imidazole rings is 1. The average molecular weight is 274 g/mol. The molecule has 0 saturated heterocycles. The molecule has 3 rings (SSSR count). The molecular weight excluding hydrogens is 262 g/mol. The first-order valence-electron chi connectivity index (χ1n) is 5.90. The van der Waals surface area contributed by atoms with E-state index in [2.05, 4.69) is 4.98 Å². The van der Waals surface area contributed by atoms with Gasteiger partial charge in [0.1, 0.15) is 6.33 Å². The summed E-state index contributed by atoms with van der Waals surface area (Å²) < 4.78 is 1.95. The van der Waals surface area contributed by atoms with Crippen molar-refractivity contribution >= 4 is 23.6 Å². The number of carbonyl (C=O) groups is 1. The van der Waals surface area contributed by atoms with Crippen LogP contribution in [0.4, 0.5) is 0 Å². The summed E-state index contributed by atoms with van der Waals surface area (Å²) in [5, 5.41) is 0. The molecule has 1 aliphatic heterocycles. The first kappa shape index (κ1) is 12.0. The molecule has 0 aliphatic carbocycles. The lowest BCUT2D eigenvalue weighted by atomic mass is 10.1. The van der Waals surface area contributed by atoms with E-state index in [4.69, 9.17) is 11.6 Å². The molecule has 5 heteroatoms. The van der Waals surface area contributed by atoms with Gasteiger partial charge in [-0.3, -0.25) is 4.79 Å². The van der Waals surface area contributed by atoms with Crippen molar-refractivity contribution in [2.24, 2.45) is 0 Å². The highest BCUT2D eigenvalue weighted by atomic mass is 35.5. The fourth-order valence-corrected chi connectivity index (χ4v) is 2.44. The molecule has 2 heterocycles. The fourth-order valence-electron chi connectivity index (χ4n) is 2.32. The van der Waals surface area contributed by atoms with Crippen LogP contribution in [0.2, 0.25) is 0 Å². The van der Waals surface area contributed by atoms with Crippen LogP contribution in [0.5, 0.6) is 0 Å². The van der Waals surface area contributed by atoms with Crippen molar-refractivity contribution in [3.8, 4) is 5.69 Å². The third kappa shape index (κ3) is 1.85. The van der Waals surface area contributed by atoms with Crippen LogP contribution in [-0.4, -0.2) is 27.4 Å². The van der Waals surface area contributed by atoms with Crippen LogP contribution in [0, 0.1) is 0 Å². The maximum Gasteiger partial charge on any atom is 0.256 e. The van der Waals surface area contributed by atoms with Gasteiger partial charge in [0, 0.05) is 12.6 Å². The number of hydrogen-bond acceptors (Lipinski definition) is 2. The Morgan fingerprint density at radius 3 is 2.95 bits per heavy atom. The predicted molar refractivity (Wildman–Crippen MR) is 74.2 cm³/mol. The van der Waals surface area contributed by atoms with Gasteiger partial charge in [-0.05, 0) is 18.2 Å². The standard InChI is InChI=1S/C14H12ClN3O/c1-17-8-13-11(6-7-15)16-9-18(13)12-5-3-2-4-10(12)14(17)19/h2-7,9H,8H2,1H3. The molecule has 1 amide bonds. The third-order valence-corrected chi connectivity index (χ3v) is 3.37. The number of para-hydroxylation sites is 1. The highest BCUT2D eigenvalue weighted by Crippen LogP contribution is 2.25. The fraction of sp³-hybridized carbons (Fsp3) is 0.143. The molecule has 0 atom stereocenters. The number of hydrogen-bond donors (Lipinski definition) is 0. The molecule has 1 aliphatic rings. The van der Waals surface area contributed by atoms with Gasteiger partial charge in [-0.2, -0.15) is 0 Å². The SMILES string of the molecule is CN1Cc2c(C=CCl)ncn2-c2ccccc2C1=O. The topological polar surface area (TPSA) is 38.1 Å². The average Bonchev–Trinajstić information content (AvgIpc) is 2.77. The van der Waals surface area contributed by atoms with Gasteiger partial charge in [-0.25, -0.2) is 4.98 Å². The van der Waals surface area contributed by atoms with E-state index in [0.29, 0.717) is 12.1 Å². The van der Waals surface area contributed by atoms with Gasteiger partial charge >= 0.3 is 0 Å². The molecule has 2 aromatic rings. The summed E-state index contributed by atoms with van der Waals surface area (Å²) in [6, 6.07) is 7.54. The van der Waals surface area contributed by atoms with E-state index in [9.17, 15) is 4.79 Å². The van der Waals surface area contributed by atoms with Crippen molar-refractivity contribution in [1.82, 2.24) is 14.5 Å². The molecule has 1 aromatic carbocycles. The minimum Gasteiger partial charge on any atom is -0.336 e. The van der Waals surface area contributed by atoms with Crippen molar-refractivity contribution < 1.29 is 4.79 Å². The molecule has 0 fully saturated rings. The van der Waals surface area contributed by atoms with Crippen molar-refractivity contribution in [3.63, 3.8) is 0 Å².